The van der Waals surface area contributed by atoms with E-state index < -0.39 is 13.1 Å². The van der Waals surface area contributed by atoms with Crippen LogP contribution >= 0.6 is 0 Å². The molecule has 1 radical (unpaired) electrons. The van der Waals surface area contributed by atoms with E-state index in [9.17, 15) is 0 Å². The maximum atomic E-state index is 2.66. The summed E-state index contributed by atoms with van der Waals surface area (Å²) in [7, 11) is -0.129. The maximum absolute atomic E-state index is 2.66. The van der Waals surface area contributed by atoms with Crippen LogP contribution in [0.1, 0.15) is 77.0 Å². The zero-order chi connectivity index (χ0) is 17.4. The van der Waals surface area contributed by atoms with E-state index in [0.717, 1.165) is 11.8 Å². The molecule has 0 spiro atoms. The van der Waals surface area contributed by atoms with Crippen molar-refractivity contribution in [3.05, 3.63) is 0 Å². The molecule has 6 unspecified atom stereocenters. The third-order valence-corrected chi connectivity index (χ3v) is 15.7. The first-order chi connectivity index (χ1) is 12.0. The van der Waals surface area contributed by atoms with Gasteiger partial charge in [-0.25, -0.2) is 17.4 Å². The van der Waals surface area contributed by atoms with E-state index in [1.807, 2.05) is 0 Å². The molecule has 0 nitrogen and oxygen atoms in total. The molecule has 0 bridgehead atoms. The molecule has 4 fully saturated rings. The third kappa shape index (κ3) is 4.27. The summed E-state index contributed by atoms with van der Waals surface area (Å²) < 4.78 is 0. The van der Waals surface area contributed by atoms with Gasteiger partial charge in [0.25, 0.3) is 0 Å². The lowest BCUT2D eigenvalue weighted by Crippen LogP contribution is -2.36. The van der Waals surface area contributed by atoms with Crippen LogP contribution in [-0.4, -0.2) is 21.9 Å². The second-order valence-electron chi connectivity index (χ2n) is 11.9. The van der Waals surface area contributed by atoms with Gasteiger partial charge in [0.2, 0.25) is 0 Å². The fraction of sp³-hybridized carbons (Fsp3) is 1.00. The average molecular weight is 375 g/mol. The van der Waals surface area contributed by atoms with Crippen LogP contribution in [0.25, 0.3) is 0 Å². The fourth-order valence-electron chi connectivity index (χ4n) is 7.63. The summed E-state index contributed by atoms with van der Waals surface area (Å²) in [6.07, 6.45) is 19.3. The van der Waals surface area contributed by atoms with Crippen LogP contribution in [0.2, 0.25) is 39.8 Å². The van der Waals surface area contributed by atoms with Crippen molar-refractivity contribution in [1.82, 2.24) is 0 Å². The lowest BCUT2D eigenvalue weighted by molar-refractivity contribution is 0.265. The van der Waals surface area contributed by atoms with Crippen LogP contribution in [0.5, 0.6) is 0 Å². The van der Waals surface area contributed by atoms with E-state index in [4.69, 9.17) is 0 Å². The minimum Gasteiger partial charge on any atom is -0.204 e. The first-order valence-electron chi connectivity index (χ1n) is 12.2. The quantitative estimate of drug-likeness (QED) is 0.431. The van der Waals surface area contributed by atoms with Gasteiger partial charge in [0, 0.05) is 0 Å². The molecule has 0 heterocycles. The van der Waals surface area contributed by atoms with E-state index in [1.165, 1.54) is 22.9 Å². The highest BCUT2D eigenvalue weighted by atomic mass is 28.3. The third-order valence-electron chi connectivity index (χ3n) is 8.92. The van der Waals surface area contributed by atoms with Gasteiger partial charge in [0.1, 0.15) is 13.1 Å². The molecule has 2 heteroatoms. The number of fused-ring (bicyclic) bond motifs is 2. The molecule has 0 aromatic rings. The molecule has 0 aliphatic heterocycles. The largest absolute Gasteiger partial charge is 0.204 e. The summed E-state index contributed by atoms with van der Waals surface area (Å²) in [5.74, 6) is 12.7. The highest BCUT2D eigenvalue weighted by Gasteiger charge is 2.48. The normalized spacial score (nSPS) is 41.8. The molecule has 0 aromatic carbocycles. The molecule has 4 aliphatic carbocycles. The van der Waals surface area contributed by atoms with Gasteiger partial charge in [-0.3, -0.25) is 0 Å². The summed E-state index contributed by atoms with van der Waals surface area (Å²) in [5.41, 5.74) is 2.48. The van der Waals surface area contributed by atoms with E-state index in [1.54, 1.807) is 88.4 Å². The van der Waals surface area contributed by atoms with Crippen LogP contribution in [0.3, 0.4) is 0 Å². The van der Waals surface area contributed by atoms with Gasteiger partial charge < -0.3 is 0 Å². The molecule has 4 aliphatic rings. The molecule has 0 amide bonds. The van der Waals surface area contributed by atoms with Crippen molar-refractivity contribution in [3.63, 3.8) is 0 Å². The van der Waals surface area contributed by atoms with Crippen molar-refractivity contribution in [1.29, 1.82) is 0 Å². The zero-order valence-electron chi connectivity index (χ0n) is 17.4. The fourth-order valence-corrected chi connectivity index (χ4v) is 16.8. The van der Waals surface area contributed by atoms with E-state index in [2.05, 4.69) is 17.4 Å². The minimum atomic E-state index is -1.17. The predicted molar refractivity (Wildman–Crippen MR) is 116 cm³/mol. The second kappa shape index (κ2) is 8.01. The molecule has 0 N–H and O–H groups in total. The topological polar surface area (TPSA) is 0 Å². The molecule has 143 valence electrons. The standard InChI is InChI=1S/C20H34Si.3CH3.Al/c1-2-21(19-13-11-15-7-3-5-9-17(15)19)20-14-12-16-8-4-6-10-18(16)20;;;;/h15-20H,1-14H2;3*1H3;/q;;;;-1. The SMILES string of the molecule is [CH3][Al-]([CH3])([CH3])[CH2]C[Si](C1CCC2CCCCC21)C1CCC2CCCCC21. The van der Waals surface area contributed by atoms with Crippen molar-refractivity contribution in [2.24, 2.45) is 23.7 Å². The van der Waals surface area contributed by atoms with Crippen LogP contribution in [0.4, 0.5) is 0 Å². The predicted octanol–water partition coefficient (Wildman–Crippen LogP) is 7.76. The van der Waals surface area contributed by atoms with Gasteiger partial charge in [-0.1, -0.05) is 83.1 Å². The van der Waals surface area contributed by atoms with Crippen molar-refractivity contribution < 1.29 is 0 Å². The highest BCUT2D eigenvalue weighted by molar-refractivity contribution is 6.77. The van der Waals surface area contributed by atoms with Crippen LogP contribution in [0, 0.1) is 23.7 Å². The number of rotatable bonds is 5. The summed E-state index contributed by atoms with van der Waals surface area (Å²) in [4.78, 5) is 0. The summed E-state index contributed by atoms with van der Waals surface area (Å²) in [5, 5.41) is 1.67. The molecule has 6 atom stereocenters. The van der Waals surface area contributed by atoms with Crippen LogP contribution < -0.4 is 0 Å². The second-order valence-corrected chi connectivity index (χ2v) is 21.5. The smallest absolute Gasteiger partial charge is 0.124 e. The molecule has 4 rings (SSSR count). The molecular formula is C23H43AlSi-. The molecule has 0 saturated heterocycles. The summed E-state index contributed by atoms with van der Waals surface area (Å²) in [6.45, 7) is 0. The van der Waals surface area contributed by atoms with E-state index in [-0.39, 0.29) is 8.80 Å². The Hall–Kier alpha value is 0.749. The van der Waals surface area contributed by atoms with E-state index in [0.29, 0.717) is 0 Å². The molecule has 0 aromatic heterocycles. The maximum Gasteiger partial charge on any atom is 0.124 e. The Morgan fingerprint density at radius 2 is 1.12 bits per heavy atom. The Labute approximate surface area is 162 Å². The van der Waals surface area contributed by atoms with Gasteiger partial charge in [-0.15, -0.1) is 0 Å². The minimum absolute atomic E-state index is 0.129. The molecular weight excluding hydrogens is 331 g/mol. The van der Waals surface area contributed by atoms with Gasteiger partial charge in [-0.2, -0.15) is 5.28 Å². The number of hydrogen-bond acceptors (Lipinski definition) is 0. The Kier molecular flexibility index (Phi) is 6.11. The van der Waals surface area contributed by atoms with Gasteiger partial charge in [0.05, 0.1) is 8.80 Å². The Morgan fingerprint density at radius 1 is 0.640 bits per heavy atom. The monoisotopic (exact) mass is 374 g/mol. The van der Waals surface area contributed by atoms with Crippen LogP contribution in [-0.2, 0) is 0 Å². The average Bonchev–Trinajstić information content (AvgIpc) is 3.20. The lowest BCUT2D eigenvalue weighted by Gasteiger charge is -2.41. The first kappa shape index (κ1) is 19.1. The van der Waals surface area contributed by atoms with Crippen LogP contribution in [0.15, 0.2) is 0 Å². The first-order valence-corrected chi connectivity index (χ1v) is 18.3. The van der Waals surface area contributed by atoms with E-state index >= 15 is 0 Å². The number of hydrogen-bond donors (Lipinski definition) is 0. The Bertz CT molecular complexity index is 410. The zero-order valence-corrected chi connectivity index (χ0v) is 19.6. The Morgan fingerprint density at radius 3 is 1.60 bits per heavy atom. The molecule has 4 saturated carbocycles. The van der Waals surface area contributed by atoms with Gasteiger partial charge in [0.15, 0.2) is 0 Å². The summed E-state index contributed by atoms with van der Waals surface area (Å²) in [6, 6.07) is 1.72. The van der Waals surface area contributed by atoms with Crippen molar-refractivity contribution in [2.75, 3.05) is 0 Å². The van der Waals surface area contributed by atoms with Gasteiger partial charge in [-0.05, 0) is 34.8 Å². The van der Waals surface area contributed by atoms with Crippen molar-refractivity contribution in [3.8, 4) is 0 Å². The van der Waals surface area contributed by atoms with Crippen molar-refractivity contribution in [2.45, 2.75) is 117 Å². The van der Waals surface area contributed by atoms with Gasteiger partial charge >= 0.3 is 0 Å². The lowest BCUT2D eigenvalue weighted by atomic mass is 9.81. The van der Waals surface area contributed by atoms with Crippen molar-refractivity contribution >= 4 is 21.9 Å². The highest BCUT2D eigenvalue weighted by Crippen LogP contribution is 2.58. The summed E-state index contributed by atoms with van der Waals surface area (Å²) >= 11 is -1.17. The molecule has 25 heavy (non-hydrogen) atoms. The Balaban J connectivity index is 1.52.